The minimum absolute atomic E-state index is 0.329. The molecule has 0 saturated heterocycles. The van der Waals surface area contributed by atoms with Crippen molar-refractivity contribution in [2.75, 3.05) is 18.9 Å². The van der Waals surface area contributed by atoms with Gasteiger partial charge in [-0.15, -0.1) is 15.0 Å². The fourth-order valence-corrected chi connectivity index (χ4v) is 5.73. The Balaban J connectivity index is 2.49. The molecule has 0 aromatic rings. The molecule has 168 valence electrons. The van der Waals surface area contributed by atoms with Crippen molar-refractivity contribution in [2.45, 2.75) is 78.7 Å². The normalized spacial score (nSPS) is 20.9. The maximum atomic E-state index is 5.96. The van der Waals surface area contributed by atoms with Crippen molar-refractivity contribution >= 4 is 14.3 Å². The number of rotatable bonds is 13. The van der Waals surface area contributed by atoms with Gasteiger partial charge >= 0.3 is 0 Å². The average Bonchev–Trinajstić information content (AvgIpc) is 2.71. The maximum absolute atomic E-state index is 5.96. The number of nitrogens with one attached hydrogen (secondary N) is 1. The number of hydrogen-bond acceptors (Lipinski definition) is 3. The van der Waals surface area contributed by atoms with Crippen LogP contribution in [0.1, 0.15) is 72.6 Å². The molecule has 0 heterocycles. The van der Waals surface area contributed by atoms with E-state index in [-0.39, 0.29) is 0 Å². The van der Waals surface area contributed by atoms with Gasteiger partial charge in [0.2, 0.25) is 0 Å². The van der Waals surface area contributed by atoms with Crippen molar-refractivity contribution in [3.8, 4) is 12.3 Å². The molecular weight excluding hydrogens is 385 g/mol. The molecule has 30 heavy (non-hydrogen) atoms. The van der Waals surface area contributed by atoms with Gasteiger partial charge in [0.15, 0.2) is 0 Å². The van der Waals surface area contributed by atoms with Crippen LogP contribution in [0.2, 0.25) is 0 Å². The second kappa shape index (κ2) is 14.6. The van der Waals surface area contributed by atoms with E-state index in [1.54, 1.807) is 5.57 Å². The predicted octanol–water partition coefficient (Wildman–Crippen LogP) is 6.04. The first kappa shape index (κ1) is 26.7. The Morgan fingerprint density at radius 2 is 1.87 bits per heavy atom. The monoisotopic (exact) mass is 429 g/mol. The highest BCUT2D eigenvalue weighted by Crippen LogP contribution is 2.36. The third-order valence-electron chi connectivity index (χ3n) is 5.94. The van der Waals surface area contributed by atoms with Gasteiger partial charge in [-0.05, 0) is 77.3 Å². The van der Waals surface area contributed by atoms with E-state index in [2.05, 4.69) is 57.1 Å². The fraction of sp³-hybridized carbons (Fsp3) is 0.654. The number of aliphatic imine (C=N–C) groups is 1. The Morgan fingerprint density at radius 3 is 2.40 bits per heavy atom. The molecule has 1 aliphatic carbocycles. The summed E-state index contributed by atoms with van der Waals surface area (Å²) in [6.07, 6.45) is 16.7. The summed E-state index contributed by atoms with van der Waals surface area (Å²) in [5, 5.41) is 3.36. The first-order chi connectivity index (χ1) is 14.3. The molecule has 3 nitrogen and oxygen atoms in total. The van der Waals surface area contributed by atoms with Gasteiger partial charge in [-0.3, -0.25) is 0 Å². The van der Waals surface area contributed by atoms with Crippen LogP contribution in [-0.4, -0.2) is 30.6 Å². The van der Waals surface area contributed by atoms with Crippen LogP contribution in [0.5, 0.6) is 0 Å². The third-order valence-corrected chi connectivity index (χ3v) is 7.39. The maximum Gasteiger partial charge on any atom is 0.106 e. The SMILES string of the molecule is C#CC(=C)N=C(CPCC1CCC(C/C(C)=C(/CN)CCC)CC1)C(=C)NC(C)C. The molecule has 1 aliphatic rings. The zero-order valence-corrected chi connectivity index (χ0v) is 20.8. The Morgan fingerprint density at radius 1 is 1.23 bits per heavy atom. The smallest absolute Gasteiger partial charge is 0.106 e. The van der Waals surface area contributed by atoms with E-state index in [9.17, 15) is 0 Å². The molecule has 1 saturated carbocycles. The van der Waals surface area contributed by atoms with E-state index in [1.807, 2.05) is 0 Å². The highest BCUT2D eigenvalue weighted by molar-refractivity contribution is 7.39. The van der Waals surface area contributed by atoms with E-state index in [4.69, 9.17) is 12.2 Å². The summed E-state index contributed by atoms with van der Waals surface area (Å²) in [5.41, 5.74) is 11.3. The van der Waals surface area contributed by atoms with Crippen molar-refractivity contribution < 1.29 is 0 Å². The van der Waals surface area contributed by atoms with Crippen LogP contribution in [0.15, 0.2) is 40.7 Å². The largest absolute Gasteiger partial charge is 0.382 e. The van der Waals surface area contributed by atoms with E-state index in [0.29, 0.717) is 11.7 Å². The van der Waals surface area contributed by atoms with Gasteiger partial charge in [-0.1, -0.05) is 43.6 Å². The van der Waals surface area contributed by atoms with Gasteiger partial charge in [0.1, 0.15) is 5.70 Å². The van der Waals surface area contributed by atoms with Crippen LogP contribution >= 0.6 is 8.58 Å². The van der Waals surface area contributed by atoms with Gasteiger partial charge in [0.05, 0.1) is 5.71 Å². The first-order valence-corrected chi connectivity index (χ1v) is 13.0. The van der Waals surface area contributed by atoms with Gasteiger partial charge in [0.25, 0.3) is 0 Å². The second-order valence-electron chi connectivity index (χ2n) is 8.99. The quantitative estimate of drug-likeness (QED) is 0.162. The Bertz CT molecular complexity index is 658. The molecule has 0 amide bonds. The molecule has 0 aromatic carbocycles. The van der Waals surface area contributed by atoms with E-state index < -0.39 is 0 Å². The topological polar surface area (TPSA) is 50.4 Å². The van der Waals surface area contributed by atoms with E-state index in [1.165, 1.54) is 50.3 Å². The molecule has 3 N–H and O–H groups in total. The molecule has 1 rings (SSSR count). The van der Waals surface area contributed by atoms with Crippen molar-refractivity contribution in [3.05, 3.63) is 35.7 Å². The lowest BCUT2D eigenvalue weighted by atomic mass is 9.79. The minimum atomic E-state index is 0.329. The van der Waals surface area contributed by atoms with Crippen molar-refractivity contribution in [1.82, 2.24) is 5.32 Å². The van der Waals surface area contributed by atoms with Crippen LogP contribution in [0.3, 0.4) is 0 Å². The number of allylic oxidation sites excluding steroid dienone is 3. The number of hydrogen-bond donors (Lipinski definition) is 2. The summed E-state index contributed by atoms with van der Waals surface area (Å²) in [6, 6.07) is 0.329. The average molecular weight is 430 g/mol. The van der Waals surface area contributed by atoms with Crippen LogP contribution in [-0.2, 0) is 0 Å². The van der Waals surface area contributed by atoms with Crippen LogP contribution < -0.4 is 11.1 Å². The predicted molar refractivity (Wildman–Crippen MR) is 138 cm³/mol. The summed E-state index contributed by atoms with van der Waals surface area (Å²) >= 11 is 0. The summed E-state index contributed by atoms with van der Waals surface area (Å²) in [7, 11) is 0.851. The summed E-state index contributed by atoms with van der Waals surface area (Å²) in [5.74, 6) is 4.21. The van der Waals surface area contributed by atoms with Gasteiger partial charge < -0.3 is 11.1 Å². The lowest BCUT2D eigenvalue weighted by Gasteiger charge is -2.29. The van der Waals surface area contributed by atoms with Gasteiger partial charge in [0, 0.05) is 24.4 Å². The van der Waals surface area contributed by atoms with Crippen LogP contribution in [0, 0.1) is 24.2 Å². The van der Waals surface area contributed by atoms with Crippen molar-refractivity contribution in [1.29, 1.82) is 0 Å². The summed E-state index contributed by atoms with van der Waals surface area (Å²) in [6.45, 7) is 17.5. The molecule has 1 fully saturated rings. The van der Waals surface area contributed by atoms with Gasteiger partial charge in [-0.2, -0.15) is 0 Å². The fourth-order valence-electron chi connectivity index (χ4n) is 4.24. The Kier molecular flexibility index (Phi) is 13.0. The number of terminal acetylenes is 1. The van der Waals surface area contributed by atoms with E-state index in [0.717, 1.165) is 51.0 Å². The van der Waals surface area contributed by atoms with Gasteiger partial charge in [-0.25, -0.2) is 4.99 Å². The number of nitrogens with zero attached hydrogens (tertiary/aromatic N) is 1. The first-order valence-electron chi connectivity index (χ1n) is 11.6. The molecule has 0 spiro atoms. The Hall–Kier alpha value is -1.36. The minimum Gasteiger partial charge on any atom is -0.382 e. The van der Waals surface area contributed by atoms with Crippen LogP contribution in [0.4, 0.5) is 0 Å². The van der Waals surface area contributed by atoms with E-state index >= 15 is 0 Å². The zero-order chi connectivity index (χ0) is 22.5. The molecule has 4 heteroatoms. The molecule has 1 atom stereocenters. The molecule has 0 aromatic heterocycles. The lowest BCUT2D eigenvalue weighted by Crippen LogP contribution is -2.27. The second-order valence-corrected chi connectivity index (χ2v) is 10.2. The molecule has 0 bridgehead atoms. The summed E-state index contributed by atoms with van der Waals surface area (Å²) < 4.78 is 0. The van der Waals surface area contributed by atoms with Crippen molar-refractivity contribution in [3.63, 3.8) is 0 Å². The standard InChI is InChI=1S/C26H44N3P/c1-8-10-25(16-27)20(5)15-23-11-13-24(14-12-23)17-30-18-26(29-21(6)9-2)22(7)28-19(3)4/h2,19,23-24,28,30H,6-8,10-18,27H2,1,3-5H3/b25-20+,29-26?. The van der Waals surface area contributed by atoms with Crippen molar-refractivity contribution in [2.24, 2.45) is 22.6 Å². The summed E-state index contributed by atoms with van der Waals surface area (Å²) in [4.78, 5) is 4.53. The molecule has 0 aliphatic heterocycles. The lowest BCUT2D eigenvalue weighted by molar-refractivity contribution is 0.291. The highest BCUT2D eigenvalue weighted by atomic mass is 31.1. The molecule has 1 unspecified atom stereocenters. The Labute approximate surface area is 187 Å². The highest BCUT2D eigenvalue weighted by Gasteiger charge is 2.22. The van der Waals surface area contributed by atoms with Crippen LogP contribution in [0.25, 0.3) is 0 Å². The number of nitrogens with two attached hydrogens (primary N) is 1. The third kappa shape index (κ3) is 10.1. The molecular formula is C26H44N3P. The zero-order valence-electron chi connectivity index (χ0n) is 19.8. The molecule has 0 radical (unpaired) electrons.